The summed E-state index contributed by atoms with van der Waals surface area (Å²) in [6.07, 6.45) is 0.764. The number of hydrogen-bond acceptors (Lipinski definition) is 6. The number of nitrogens with zero attached hydrogens (tertiary/aromatic N) is 3. The van der Waals surface area contributed by atoms with Gasteiger partial charge >= 0.3 is 0 Å². The van der Waals surface area contributed by atoms with Crippen molar-refractivity contribution < 1.29 is 14.6 Å². The molecule has 1 aromatic rings. The zero-order valence-electron chi connectivity index (χ0n) is 9.24. The summed E-state index contributed by atoms with van der Waals surface area (Å²) in [7, 11) is 0. The van der Waals surface area contributed by atoms with Crippen LogP contribution < -0.4 is 0 Å². The maximum atomic E-state index is 10.7. The van der Waals surface area contributed by atoms with Crippen molar-refractivity contribution >= 4 is 17.3 Å². The van der Waals surface area contributed by atoms with Crippen LogP contribution in [-0.4, -0.2) is 28.9 Å². The van der Waals surface area contributed by atoms with Crippen molar-refractivity contribution in [2.24, 2.45) is 4.99 Å². The van der Waals surface area contributed by atoms with E-state index in [1.807, 2.05) is 0 Å². The summed E-state index contributed by atoms with van der Waals surface area (Å²) in [4.78, 5) is 24.1. The number of nitro groups is 2. The smallest absolute Gasteiger partial charge is 0.277 e. The Bertz CT molecular complexity index is 508. The quantitative estimate of drug-likeness (QED) is 0.599. The molecule has 18 heavy (non-hydrogen) atoms. The summed E-state index contributed by atoms with van der Waals surface area (Å²) in [6, 6.07) is 3.35. The van der Waals surface area contributed by atoms with Gasteiger partial charge in [0, 0.05) is 30.7 Å². The number of benzene rings is 1. The molecule has 0 saturated carbocycles. The number of non-ortho nitro benzene ring substituents is 2. The molecule has 0 amide bonds. The highest BCUT2D eigenvalue weighted by Gasteiger charge is 2.20. The predicted molar refractivity (Wildman–Crippen MR) is 61.7 cm³/mol. The molecule has 0 radical (unpaired) electrons. The number of ether oxygens (including phenoxy) is 1. The molecule has 1 aliphatic heterocycles. The molecule has 0 atom stereocenters. The van der Waals surface area contributed by atoms with Gasteiger partial charge in [-0.25, -0.2) is 0 Å². The van der Waals surface area contributed by atoms with Gasteiger partial charge in [-0.2, -0.15) is 0 Å². The van der Waals surface area contributed by atoms with E-state index in [-0.39, 0.29) is 22.8 Å². The number of rotatable bonds is 3. The summed E-state index contributed by atoms with van der Waals surface area (Å²) in [6.45, 7) is 1.00. The fourth-order valence-electron chi connectivity index (χ4n) is 1.56. The predicted octanol–water partition coefficient (Wildman–Crippen LogP) is 1.67. The van der Waals surface area contributed by atoms with Gasteiger partial charge in [-0.1, -0.05) is 0 Å². The van der Waals surface area contributed by atoms with Crippen LogP contribution in [0.2, 0.25) is 0 Å². The number of nitro benzene ring substituents is 2. The second-order valence-corrected chi connectivity index (χ2v) is 3.64. The Balaban J connectivity index is 2.49. The average Bonchev–Trinajstić information content (AvgIpc) is 2.39. The Morgan fingerprint density at radius 3 is 2.17 bits per heavy atom. The molecule has 1 aliphatic rings. The average molecular weight is 251 g/mol. The molecule has 8 nitrogen and oxygen atoms in total. The maximum Gasteiger partial charge on any atom is 0.277 e. The van der Waals surface area contributed by atoms with Gasteiger partial charge in [0.1, 0.15) is 0 Å². The highest BCUT2D eigenvalue weighted by Crippen LogP contribution is 2.24. The van der Waals surface area contributed by atoms with E-state index in [0.717, 1.165) is 12.5 Å². The van der Waals surface area contributed by atoms with Crippen molar-refractivity contribution in [3.05, 3.63) is 44.0 Å². The highest BCUT2D eigenvalue weighted by molar-refractivity contribution is 5.95. The monoisotopic (exact) mass is 251 g/mol. The van der Waals surface area contributed by atoms with E-state index in [4.69, 9.17) is 4.74 Å². The lowest BCUT2D eigenvalue weighted by Gasteiger charge is -2.13. The van der Waals surface area contributed by atoms with E-state index in [2.05, 4.69) is 4.99 Å². The van der Waals surface area contributed by atoms with Gasteiger partial charge in [0.25, 0.3) is 11.4 Å². The van der Waals surface area contributed by atoms with Crippen LogP contribution in [0.5, 0.6) is 0 Å². The molecule has 0 N–H and O–H groups in total. The molecular formula is C10H9N3O5. The minimum atomic E-state index is -0.681. The zero-order chi connectivity index (χ0) is 13.1. The Morgan fingerprint density at radius 2 is 1.72 bits per heavy atom. The molecule has 0 spiro atoms. The largest absolute Gasteiger partial charge is 0.477 e. The van der Waals surface area contributed by atoms with Crippen LogP contribution in [0.25, 0.3) is 0 Å². The first-order chi connectivity index (χ1) is 8.58. The van der Waals surface area contributed by atoms with E-state index in [0.29, 0.717) is 13.2 Å². The normalized spacial score (nSPS) is 14.6. The zero-order valence-corrected chi connectivity index (χ0v) is 9.24. The van der Waals surface area contributed by atoms with E-state index < -0.39 is 9.85 Å². The molecule has 0 saturated heterocycles. The molecule has 0 bridgehead atoms. The highest BCUT2D eigenvalue weighted by atomic mass is 16.6. The lowest BCUT2D eigenvalue weighted by Crippen LogP contribution is -2.15. The summed E-state index contributed by atoms with van der Waals surface area (Å²) in [5.41, 5.74) is -0.442. The minimum Gasteiger partial charge on any atom is -0.477 e. The number of aliphatic imine (C=N–C) groups is 1. The Hall–Kier alpha value is -2.51. The van der Waals surface area contributed by atoms with Gasteiger partial charge in [0.05, 0.1) is 22.5 Å². The van der Waals surface area contributed by atoms with Crippen molar-refractivity contribution in [2.45, 2.75) is 6.42 Å². The van der Waals surface area contributed by atoms with Crippen molar-refractivity contribution in [1.82, 2.24) is 0 Å². The van der Waals surface area contributed by atoms with Crippen molar-refractivity contribution in [1.29, 1.82) is 0 Å². The van der Waals surface area contributed by atoms with Crippen LogP contribution >= 0.6 is 0 Å². The lowest BCUT2D eigenvalue weighted by atomic mass is 10.1. The minimum absolute atomic E-state index is 0.216. The second-order valence-electron chi connectivity index (χ2n) is 3.64. The van der Waals surface area contributed by atoms with Crippen molar-refractivity contribution in [3.8, 4) is 0 Å². The SMILES string of the molecule is O=[N+]([O-])c1cc(C2=NCCCO2)cc([N+](=O)[O-])c1. The van der Waals surface area contributed by atoms with Gasteiger partial charge in [0.2, 0.25) is 5.90 Å². The van der Waals surface area contributed by atoms with Crippen LogP contribution in [-0.2, 0) is 4.74 Å². The van der Waals surface area contributed by atoms with Gasteiger partial charge in [-0.15, -0.1) is 0 Å². The first-order valence-corrected chi connectivity index (χ1v) is 5.19. The molecule has 1 aromatic carbocycles. The third-order valence-electron chi connectivity index (χ3n) is 2.37. The van der Waals surface area contributed by atoms with Gasteiger partial charge in [-0.05, 0) is 0 Å². The summed E-state index contributed by atoms with van der Waals surface area (Å²) in [5, 5.41) is 21.4. The first-order valence-electron chi connectivity index (χ1n) is 5.19. The van der Waals surface area contributed by atoms with Crippen LogP contribution in [0, 0.1) is 20.2 Å². The van der Waals surface area contributed by atoms with E-state index in [1.54, 1.807) is 0 Å². The topological polar surface area (TPSA) is 108 Å². The van der Waals surface area contributed by atoms with Crippen LogP contribution in [0.3, 0.4) is 0 Å². The molecular weight excluding hydrogens is 242 g/mol. The molecule has 2 rings (SSSR count). The summed E-state index contributed by atoms with van der Waals surface area (Å²) >= 11 is 0. The Morgan fingerprint density at radius 1 is 1.11 bits per heavy atom. The number of hydrogen-bond donors (Lipinski definition) is 0. The molecule has 0 aromatic heterocycles. The van der Waals surface area contributed by atoms with Gasteiger partial charge < -0.3 is 4.74 Å². The first kappa shape index (κ1) is 12.0. The van der Waals surface area contributed by atoms with E-state index >= 15 is 0 Å². The standard InChI is InChI=1S/C10H9N3O5/c14-12(15)8-4-7(5-9(6-8)13(16)17)10-11-2-1-3-18-10/h4-6H,1-3H2. The third-order valence-corrected chi connectivity index (χ3v) is 2.37. The Kier molecular flexibility index (Phi) is 3.18. The lowest BCUT2D eigenvalue weighted by molar-refractivity contribution is -0.394. The fraction of sp³-hybridized carbons (Fsp3) is 0.300. The van der Waals surface area contributed by atoms with Gasteiger partial charge in [0.15, 0.2) is 0 Å². The Labute approximate surface area is 101 Å². The summed E-state index contributed by atoms with van der Waals surface area (Å²) in [5.74, 6) is 0.216. The summed E-state index contributed by atoms with van der Waals surface area (Å²) < 4.78 is 5.24. The van der Waals surface area contributed by atoms with Crippen molar-refractivity contribution in [2.75, 3.05) is 13.2 Å². The van der Waals surface area contributed by atoms with Crippen LogP contribution in [0.15, 0.2) is 23.2 Å². The second kappa shape index (κ2) is 4.78. The van der Waals surface area contributed by atoms with Crippen LogP contribution in [0.4, 0.5) is 11.4 Å². The fourth-order valence-corrected chi connectivity index (χ4v) is 1.56. The molecule has 8 heteroatoms. The van der Waals surface area contributed by atoms with E-state index in [9.17, 15) is 20.2 Å². The molecule has 0 unspecified atom stereocenters. The van der Waals surface area contributed by atoms with Crippen molar-refractivity contribution in [3.63, 3.8) is 0 Å². The van der Waals surface area contributed by atoms with Gasteiger partial charge in [-0.3, -0.25) is 25.2 Å². The third kappa shape index (κ3) is 2.42. The van der Waals surface area contributed by atoms with Crippen LogP contribution in [0.1, 0.15) is 12.0 Å². The maximum absolute atomic E-state index is 10.7. The molecule has 94 valence electrons. The molecule has 0 aliphatic carbocycles. The van der Waals surface area contributed by atoms with E-state index in [1.165, 1.54) is 12.1 Å². The molecule has 0 fully saturated rings. The molecule has 1 heterocycles.